The fourth-order valence-corrected chi connectivity index (χ4v) is 1.70. The molecule has 1 atom stereocenters. The summed E-state index contributed by atoms with van der Waals surface area (Å²) in [5, 5.41) is 3.81. The molecule has 0 radical (unpaired) electrons. The molecule has 7 heteroatoms. The average Bonchev–Trinajstić information content (AvgIpc) is 2.79. The van der Waals surface area contributed by atoms with Gasteiger partial charge in [0, 0.05) is 19.6 Å². The van der Waals surface area contributed by atoms with E-state index in [-0.39, 0.29) is 12.1 Å². The normalized spacial score (nSPS) is 19.2. The second-order valence-corrected chi connectivity index (χ2v) is 3.87. The van der Waals surface area contributed by atoms with E-state index in [4.69, 9.17) is 19.7 Å². The SMILES string of the molecule is CCOc1nc(C(N)CN2CCOCC2)no1. The summed E-state index contributed by atoms with van der Waals surface area (Å²) in [4.78, 5) is 6.31. The standard InChI is InChI=1S/C10H18N4O3/c1-2-16-10-12-9(13-17-10)8(11)7-14-3-5-15-6-4-14/h8H,2-7,11H2,1H3. The number of nitrogens with two attached hydrogens (primary N) is 1. The first-order valence-corrected chi connectivity index (χ1v) is 5.81. The molecule has 96 valence electrons. The van der Waals surface area contributed by atoms with E-state index in [9.17, 15) is 0 Å². The van der Waals surface area contributed by atoms with Gasteiger partial charge in [-0.05, 0) is 6.92 Å². The van der Waals surface area contributed by atoms with Crippen molar-refractivity contribution in [2.45, 2.75) is 13.0 Å². The monoisotopic (exact) mass is 242 g/mol. The molecule has 1 fully saturated rings. The van der Waals surface area contributed by atoms with E-state index in [0.717, 1.165) is 26.3 Å². The van der Waals surface area contributed by atoms with Gasteiger partial charge in [-0.3, -0.25) is 9.42 Å². The average molecular weight is 242 g/mol. The third kappa shape index (κ3) is 3.39. The summed E-state index contributed by atoms with van der Waals surface area (Å²) in [5.41, 5.74) is 6.01. The maximum Gasteiger partial charge on any atom is 0.417 e. The molecular formula is C10H18N4O3. The van der Waals surface area contributed by atoms with E-state index in [0.29, 0.717) is 19.0 Å². The molecule has 0 saturated carbocycles. The number of morpholine rings is 1. The smallest absolute Gasteiger partial charge is 0.417 e. The van der Waals surface area contributed by atoms with Gasteiger partial charge in [0.1, 0.15) is 0 Å². The maximum atomic E-state index is 6.01. The Labute approximate surface area is 99.9 Å². The van der Waals surface area contributed by atoms with Crippen molar-refractivity contribution in [1.29, 1.82) is 0 Å². The van der Waals surface area contributed by atoms with Gasteiger partial charge in [-0.1, -0.05) is 5.16 Å². The highest BCUT2D eigenvalue weighted by atomic mass is 16.6. The van der Waals surface area contributed by atoms with Crippen LogP contribution in [0.1, 0.15) is 18.8 Å². The lowest BCUT2D eigenvalue weighted by Gasteiger charge is -2.27. The van der Waals surface area contributed by atoms with Gasteiger partial charge in [-0.2, -0.15) is 4.98 Å². The minimum Gasteiger partial charge on any atom is -0.449 e. The van der Waals surface area contributed by atoms with Crippen LogP contribution in [0.2, 0.25) is 0 Å². The van der Waals surface area contributed by atoms with Crippen LogP contribution < -0.4 is 10.5 Å². The van der Waals surface area contributed by atoms with Crippen LogP contribution >= 0.6 is 0 Å². The third-order valence-corrected chi connectivity index (χ3v) is 2.58. The second-order valence-electron chi connectivity index (χ2n) is 3.87. The van der Waals surface area contributed by atoms with E-state index < -0.39 is 0 Å². The molecule has 0 amide bonds. The number of aromatic nitrogens is 2. The molecule has 2 heterocycles. The van der Waals surface area contributed by atoms with Crippen molar-refractivity contribution in [3.05, 3.63) is 5.82 Å². The molecular weight excluding hydrogens is 224 g/mol. The molecule has 1 aliphatic heterocycles. The molecule has 2 N–H and O–H groups in total. The third-order valence-electron chi connectivity index (χ3n) is 2.58. The number of hydrogen-bond donors (Lipinski definition) is 1. The molecule has 1 unspecified atom stereocenters. The zero-order chi connectivity index (χ0) is 12.1. The van der Waals surface area contributed by atoms with Crippen LogP contribution in [0.25, 0.3) is 0 Å². The van der Waals surface area contributed by atoms with Crippen LogP contribution in [0.5, 0.6) is 6.08 Å². The molecule has 0 aliphatic carbocycles. The predicted octanol–water partition coefficient (Wildman–Crippen LogP) is -0.200. The number of hydrogen-bond acceptors (Lipinski definition) is 7. The molecule has 1 aromatic heterocycles. The summed E-state index contributed by atoms with van der Waals surface area (Å²) in [6.45, 7) is 6.35. The van der Waals surface area contributed by atoms with Gasteiger partial charge >= 0.3 is 6.08 Å². The van der Waals surface area contributed by atoms with E-state index in [2.05, 4.69) is 15.0 Å². The highest BCUT2D eigenvalue weighted by Crippen LogP contribution is 2.13. The first kappa shape index (κ1) is 12.3. The Kier molecular flexibility index (Phi) is 4.29. The van der Waals surface area contributed by atoms with E-state index in [1.54, 1.807) is 0 Å². The van der Waals surface area contributed by atoms with Crippen molar-refractivity contribution >= 4 is 0 Å². The number of nitrogens with zero attached hydrogens (tertiary/aromatic N) is 3. The Balaban J connectivity index is 1.86. The number of rotatable bonds is 5. The van der Waals surface area contributed by atoms with Crippen molar-refractivity contribution < 1.29 is 14.0 Å². The van der Waals surface area contributed by atoms with Gasteiger partial charge in [0.2, 0.25) is 0 Å². The first-order valence-electron chi connectivity index (χ1n) is 5.81. The van der Waals surface area contributed by atoms with Gasteiger partial charge in [-0.15, -0.1) is 0 Å². The van der Waals surface area contributed by atoms with Crippen molar-refractivity contribution in [3.8, 4) is 6.08 Å². The molecule has 7 nitrogen and oxygen atoms in total. The second kappa shape index (κ2) is 5.95. The summed E-state index contributed by atoms with van der Waals surface area (Å²) in [6.07, 6.45) is 0.180. The van der Waals surface area contributed by atoms with Crippen LogP contribution in [0.15, 0.2) is 4.52 Å². The van der Waals surface area contributed by atoms with Crippen LogP contribution in [-0.2, 0) is 4.74 Å². The van der Waals surface area contributed by atoms with E-state index in [1.807, 2.05) is 6.92 Å². The Morgan fingerprint density at radius 3 is 2.94 bits per heavy atom. The summed E-state index contributed by atoms with van der Waals surface area (Å²) in [6, 6.07) is -0.258. The summed E-state index contributed by atoms with van der Waals surface area (Å²) in [7, 11) is 0. The lowest BCUT2D eigenvalue weighted by molar-refractivity contribution is 0.0348. The minimum absolute atomic E-state index is 0.180. The fraction of sp³-hybridized carbons (Fsp3) is 0.800. The Bertz CT molecular complexity index is 338. The van der Waals surface area contributed by atoms with Crippen LogP contribution in [0.3, 0.4) is 0 Å². The van der Waals surface area contributed by atoms with Crippen molar-refractivity contribution in [1.82, 2.24) is 15.0 Å². The van der Waals surface area contributed by atoms with E-state index in [1.165, 1.54) is 0 Å². The quantitative estimate of drug-likeness (QED) is 0.765. The highest BCUT2D eigenvalue weighted by Gasteiger charge is 2.19. The van der Waals surface area contributed by atoms with Crippen molar-refractivity contribution in [2.24, 2.45) is 5.73 Å². The molecule has 2 rings (SSSR count). The van der Waals surface area contributed by atoms with E-state index >= 15 is 0 Å². The topological polar surface area (TPSA) is 86.6 Å². The number of ether oxygens (including phenoxy) is 2. The maximum absolute atomic E-state index is 6.01. The van der Waals surface area contributed by atoms with Gasteiger partial charge in [0.25, 0.3) is 0 Å². The fourth-order valence-electron chi connectivity index (χ4n) is 1.70. The van der Waals surface area contributed by atoms with Gasteiger partial charge < -0.3 is 15.2 Å². The lowest BCUT2D eigenvalue weighted by atomic mass is 10.2. The van der Waals surface area contributed by atoms with Gasteiger partial charge in [-0.25, -0.2) is 0 Å². The Morgan fingerprint density at radius 2 is 2.24 bits per heavy atom. The zero-order valence-corrected chi connectivity index (χ0v) is 9.96. The lowest BCUT2D eigenvalue weighted by Crippen LogP contribution is -2.40. The minimum atomic E-state index is -0.258. The van der Waals surface area contributed by atoms with Crippen molar-refractivity contribution in [3.63, 3.8) is 0 Å². The molecule has 0 bridgehead atoms. The molecule has 17 heavy (non-hydrogen) atoms. The molecule has 1 aromatic rings. The van der Waals surface area contributed by atoms with Gasteiger partial charge in [0.05, 0.1) is 25.9 Å². The molecule has 0 spiro atoms. The van der Waals surface area contributed by atoms with Crippen molar-refractivity contribution in [2.75, 3.05) is 39.5 Å². The zero-order valence-electron chi connectivity index (χ0n) is 9.96. The van der Waals surface area contributed by atoms with Gasteiger partial charge in [0.15, 0.2) is 5.82 Å². The largest absolute Gasteiger partial charge is 0.449 e. The first-order chi connectivity index (χ1) is 8.29. The highest BCUT2D eigenvalue weighted by molar-refractivity contribution is 4.96. The predicted molar refractivity (Wildman–Crippen MR) is 59.7 cm³/mol. The van der Waals surface area contributed by atoms with Crippen LogP contribution in [-0.4, -0.2) is 54.5 Å². The molecule has 0 aromatic carbocycles. The Morgan fingerprint density at radius 1 is 1.47 bits per heavy atom. The summed E-state index contributed by atoms with van der Waals surface area (Å²) >= 11 is 0. The molecule has 1 saturated heterocycles. The molecule has 1 aliphatic rings. The summed E-state index contributed by atoms with van der Waals surface area (Å²) in [5.74, 6) is 0.486. The van der Waals surface area contributed by atoms with Crippen LogP contribution in [0, 0.1) is 0 Å². The Hall–Kier alpha value is -1.18. The van der Waals surface area contributed by atoms with Crippen LogP contribution in [0.4, 0.5) is 0 Å². The summed E-state index contributed by atoms with van der Waals surface area (Å²) < 4.78 is 15.3.